The van der Waals surface area contributed by atoms with Crippen molar-refractivity contribution in [2.75, 3.05) is 19.6 Å². The van der Waals surface area contributed by atoms with Crippen LogP contribution in [0.4, 0.5) is 4.39 Å². The number of likely N-dealkylation sites (tertiary alicyclic amines) is 1. The first-order valence-corrected chi connectivity index (χ1v) is 7.21. The van der Waals surface area contributed by atoms with E-state index in [0.29, 0.717) is 18.2 Å². The van der Waals surface area contributed by atoms with E-state index < -0.39 is 6.10 Å². The van der Waals surface area contributed by atoms with Gasteiger partial charge in [0, 0.05) is 25.3 Å². The smallest absolute Gasteiger partial charge is 0.123 e. The van der Waals surface area contributed by atoms with Gasteiger partial charge in [-0.05, 0) is 37.6 Å². The molecule has 1 saturated heterocycles. The van der Waals surface area contributed by atoms with E-state index in [1.54, 1.807) is 12.1 Å². The summed E-state index contributed by atoms with van der Waals surface area (Å²) in [7, 11) is 0. The molecule has 5 heteroatoms. The molecule has 0 aliphatic carbocycles. The van der Waals surface area contributed by atoms with Crippen LogP contribution in [0.5, 0.6) is 0 Å². The molecule has 1 aromatic carbocycles. The van der Waals surface area contributed by atoms with Crippen LogP contribution in [-0.2, 0) is 0 Å². The summed E-state index contributed by atoms with van der Waals surface area (Å²) in [5, 5.41) is 14.7. The molecular weight excluding hydrogens is 269 g/mol. The molecule has 4 nitrogen and oxygen atoms in total. The summed E-state index contributed by atoms with van der Waals surface area (Å²) in [5.41, 5.74) is 2.83. The summed E-state index contributed by atoms with van der Waals surface area (Å²) < 4.78 is 15.2. The molecular formula is C16H20FN3O. The van der Waals surface area contributed by atoms with E-state index in [4.69, 9.17) is 0 Å². The molecule has 0 radical (unpaired) electrons. The Morgan fingerprint density at radius 3 is 2.71 bits per heavy atom. The molecule has 2 aromatic rings. The normalized spacial score (nSPS) is 17.7. The summed E-state index contributed by atoms with van der Waals surface area (Å²) in [6.07, 6.45) is -0.651. The second kappa shape index (κ2) is 5.58. The van der Waals surface area contributed by atoms with Gasteiger partial charge in [-0.3, -0.25) is 9.58 Å². The number of aliphatic hydroxyl groups is 1. The molecule has 0 amide bonds. The third-order valence-electron chi connectivity index (χ3n) is 3.99. The molecule has 2 heterocycles. The molecule has 0 saturated carbocycles. The topological polar surface area (TPSA) is 41.3 Å². The number of halogens is 1. The Hall–Kier alpha value is -1.72. The predicted molar refractivity (Wildman–Crippen MR) is 78.5 cm³/mol. The van der Waals surface area contributed by atoms with E-state index in [1.807, 2.05) is 6.92 Å². The van der Waals surface area contributed by atoms with Gasteiger partial charge < -0.3 is 5.11 Å². The van der Waals surface area contributed by atoms with E-state index in [-0.39, 0.29) is 5.82 Å². The molecule has 0 spiro atoms. The standard InChI is InChI=1S/C16H20FN3O/c1-11-6-12(2)20(18-11)15-8-19(9-15)10-16(21)13-4-3-5-14(17)7-13/h3-7,15-16,21H,8-10H2,1-2H3/t16-/m1/s1. The molecule has 1 atom stereocenters. The molecule has 1 aliphatic rings. The zero-order valence-electron chi connectivity index (χ0n) is 12.3. The van der Waals surface area contributed by atoms with Gasteiger partial charge in [0.15, 0.2) is 0 Å². The highest BCUT2D eigenvalue weighted by molar-refractivity contribution is 5.19. The lowest BCUT2D eigenvalue weighted by Gasteiger charge is -2.40. The minimum atomic E-state index is -0.651. The molecule has 1 fully saturated rings. The Balaban J connectivity index is 1.56. The zero-order valence-corrected chi connectivity index (χ0v) is 12.3. The van der Waals surface area contributed by atoms with Crippen molar-refractivity contribution in [3.8, 4) is 0 Å². The van der Waals surface area contributed by atoms with Crippen LogP contribution >= 0.6 is 0 Å². The number of rotatable bonds is 4. The SMILES string of the molecule is Cc1cc(C)n(C2CN(C[C@@H](O)c3cccc(F)c3)C2)n1. The van der Waals surface area contributed by atoms with Crippen molar-refractivity contribution >= 4 is 0 Å². The van der Waals surface area contributed by atoms with Crippen LogP contribution in [0.15, 0.2) is 30.3 Å². The zero-order chi connectivity index (χ0) is 15.0. The van der Waals surface area contributed by atoms with Gasteiger partial charge in [-0.15, -0.1) is 0 Å². The highest BCUT2D eigenvalue weighted by atomic mass is 19.1. The van der Waals surface area contributed by atoms with Gasteiger partial charge in [-0.2, -0.15) is 5.10 Å². The van der Waals surface area contributed by atoms with Gasteiger partial charge in [0.1, 0.15) is 5.82 Å². The summed E-state index contributed by atoms with van der Waals surface area (Å²) in [6.45, 7) is 6.32. The lowest BCUT2D eigenvalue weighted by molar-refractivity contribution is 0.0392. The molecule has 1 aromatic heterocycles. The van der Waals surface area contributed by atoms with Gasteiger partial charge in [0.25, 0.3) is 0 Å². The highest BCUT2D eigenvalue weighted by Gasteiger charge is 2.31. The number of aryl methyl sites for hydroxylation is 2. The van der Waals surface area contributed by atoms with Crippen LogP contribution < -0.4 is 0 Å². The van der Waals surface area contributed by atoms with Crippen molar-refractivity contribution in [3.05, 3.63) is 53.1 Å². The minimum Gasteiger partial charge on any atom is -0.387 e. The Bertz CT molecular complexity index is 634. The first-order chi connectivity index (χ1) is 10.0. The fraction of sp³-hybridized carbons (Fsp3) is 0.438. The number of benzene rings is 1. The Kier molecular flexibility index (Phi) is 3.78. The largest absolute Gasteiger partial charge is 0.387 e. The second-order valence-electron chi connectivity index (χ2n) is 5.81. The van der Waals surface area contributed by atoms with Crippen molar-refractivity contribution in [3.63, 3.8) is 0 Å². The third-order valence-corrected chi connectivity index (χ3v) is 3.99. The molecule has 0 bridgehead atoms. The number of hydrogen-bond acceptors (Lipinski definition) is 3. The van der Waals surface area contributed by atoms with Gasteiger partial charge in [-0.25, -0.2) is 4.39 Å². The summed E-state index contributed by atoms with van der Waals surface area (Å²) >= 11 is 0. The monoisotopic (exact) mass is 289 g/mol. The van der Waals surface area contributed by atoms with Gasteiger partial charge in [0.2, 0.25) is 0 Å². The summed E-state index contributed by atoms with van der Waals surface area (Å²) in [6, 6.07) is 8.61. The molecule has 3 rings (SSSR count). The average Bonchev–Trinajstić information content (AvgIpc) is 2.72. The number of β-amino-alcohol motifs (C(OH)–C–C–N with tert-alkyl or cyclic N) is 1. The summed E-state index contributed by atoms with van der Waals surface area (Å²) in [4.78, 5) is 2.16. The van der Waals surface area contributed by atoms with Crippen LogP contribution in [0.2, 0.25) is 0 Å². The van der Waals surface area contributed by atoms with Crippen molar-refractivity contribution in [1.82, 2.24) is 14.7 Å². The van der Waals surface area contributed by atoms with Crippen molar-refractivity contribution in [2.45, 2.75) is 26.0 Å². The number of nitrogens with zero attached hydrogens (tertiary/aromatic N) is 3. The molecule has 0 unspecified atom stereocenters. The third kappa shape index (κ3) is 2.99. The minimum absolute atomic E-state index is 0.310. The fourth-order valence-corrected chi connectivity index (χ4v) is 2.93. The summed E-state index contributed by atoms with van der Waals surface area (Å²) in [5.74, 6) is -0.310. The van der Waals surface area contributed by atoms with Crippen LogP contribution in [0.1, 0.15) is 29.1 Å². The van der Waals surface area contributed by atoms with Gasteiger partial charge >= 0.3 is 0 Å². The predicted octanol–water partition coefficient (Wildman–Crippen LogP) is 2.23. The van der Waals surface area contributed by atoms with E-state index in [1.165, 1.54) is 17.8 Å². The van der Waals surface area contributed by atoms with Gasteiger partial charge in [-0.1, -0.05) is 12.1 Å². The van der Waals surface area contributed by atoms with E-state index in [9.17, 15) is 9.50 Å². The maximum absolute atomic E-state index is 13.2. The maximum atomic E-state index is 13.2. The van der Waals surface area contributed by atoms with E-state index in [2.05, 4.69) is 27.7 Å². The van der Waals surface area contributed by atoms with Crippen LogP contribution in [0.3, 0.4) is 0 Å². The fourth-order valence-electron chi connectivity index (χ4n) is 2.93. The van der Waals surface area contributed by atoms with Crippen molar-refractivity contribution in [2.24, 2.45) is 0 Å². The number of aromatic nitrogens is 2. The molecule has 112 valence electrons. The van der Waals surface area contributed by atoms with Crippen LogP contribution in [0, 0.1) is 19.7 Å². The van der Waals surface area contributed by atoms with Crippen molar-refractivity contribution in [1.29, 1.82) is 0 Å². The second-order valence-corrected chi connectivity index (χ2v) is 5.81. The molecule has 1 aliphatic heterocycles. The Labute approximate surface area is 123 Å². The number of hydrogen-bond donors (Lipinski definition) is 1. The van der Waals surface area contributed by atoms with Crippen LogP contribution in [0.25, 0.3) is 0 Å². The highest BCUT2D eigenvalue weighted by Crippen LogP contribution is 2.25. The van der Waals surface area contributed by atoms with Crippen molar-refractivity contribution < 1.29 is 9.50 Å². The quantitative estimate of drug-likeness (QED) is 0.938. The first-order valence-electron chi connectivity index (χ1n) is 7.21. The maximum Gasteiger partial charge on any atom is 0.123 e. The lowest BCUT2D eigenvalue weighted by atomic mass is 10.0. The molecule has 21 heavy (non-hydrogen) atoms. The Morgan fingerprint density at radius 1 is 1.33 bits per heavy atom. The van der Waals surface area contributed by atoms with E-state index in [0.717, 1.165) is 18.8 Å². The molecule has 1 N–H and O–H groups in total. The number of aliphatic hydroxyl groups excluding tert-OH is 1. The average molecular weight is 289 g/mol. The first kappa shape index (κ1) is 14.2. The Morgan fingerprint density at radius 2 is 2.10 bits per heavy atom. The van der Waals surface area contributed by atoms with Crippen LogP contribution in [-0.4, -0.2) is 39.4 Å². The van der Waals surface area contributed by atoms with E-state index >= 15 is 0 Å². The lowest BCUT2D eigenvalue weighted by Crippen LogP contribution is -2.49. The van der Waals surface area contributed by atoms with Gasteiger partial charge in [0.05, 0.1) is 17.8 Å².